The quantitative estimate of drug-likeness (QED) is 0.867. The number of hydrogen-bond donors (Lipinski definition) is 1. The second kappa shape index (κ2) is 5.21. The SMILES string of the molecule is Cl.Cl.Cn1c(C2CNC2)cc2cc(F)cnc21. The number of nitrogens with one attached hydrogen (secondary N) is 1. The van der Waals surface area contributed by atoms with E-state index in [4.69, 9.17) is 0 Å². The predicted octanol–water partition coefficient (Wildman–Crippen LogP) is 2.24. The third-order valence-electron chi connectivity index (χ3n) is 3.07. The first-order valence-electron chi connectivity index (χ1n) is 5.07. The van der Waals surface area contributed by atoms with Crippen LogP contribution in [0.3, 0.4) is 0 Å². The Morgan fingerprint density at radius 3 is 2.65 bits per heavy atom. The molecule has 0 spiro atoms. The summed E-state index contributed by atoms with van der Waals surface area (Å²) in [6, 6.07) is 3.58. The van der Waals surface area contributed by atoms with Crippen LogP contribution in [0.15, 0.2) is 18.3 Å². The number of pyridine rings is 1. The smallest absolute Gasteiger partial charge is 0.142 e. The highest BCUT2D eigenvalue weighted by Gasteiger charge is 2.22. The molecule has 0 unspecified atom stereocenters. The van der Waals surface area contributed by atoms with Crippen molar-refractivity contribution in [2.24, 2.45) is 7.05 Å². The first-order chi connectivity index (χ1) is 7.25. The van der Waals surface area contributed by atoms with Crippen LogP contribution >= 0.6 is 24.8 Å². The molecule has 3 nitrogen and oxygen atoms in total. The molecule has 17 heavy (non-hydrogen) atoms. The molecule has 1 fully saturated rings. The van der Waals surface area contributed by atoms with Crippen LogP contribution in [0.2, 0.25) is 0 Å². The summed E-state index contributed by atoms with van der Waals surface area (Å²) in [5.41, 5.74) is 2.10. The molecule has 1 aliphatic rings. The topological polar surface area (TPSA) is 29.9 Å². The minimum atomic E-state index is -0.272. The summed E-state index contributed by atoms with van der Waals surface area (Å²) in [6.07, 6.45) is 1.27. The van der Waals surface area contributed by atoms with Gasteiger partial charge in [-0.2, -0.15) is 0 Å². The minimum Gasteiger partial charge on any atom is -0.332 e. The van der Waals surface area contributed by atoms with E-state index in [1.807, 2.05) is 13.1 Å². The third-order valence-corrected chi connectivity index (χ3v) is 3.07. The predicted molar refractivity (Wildman–Crippen MR) is 70.8 cm³/mol. The van der Waals surface area contributed by atoms with Crippen molar-refractivity contribution in [3.63, 3.8) is 0 Å². The summed E-state index contributed by atoms with van der Waals surface area (Å²) < 4.78 is 15.0. The molecule has 0 saturated carbocycles. The molecule has 1 saturated heterocycles. The number of fused-ring (bicyclic) bond motifs is 1. The van der Waals surface area contributed by atoms with Crippen molar-refractivity contribution in [1.29, 1.82) is 0 Å². The van der Waals surface area contributed by atoms with Crippen LogP contribution in [0.4, 0.5) is 4.39 Å². The maximum atomic E-state index is 13.0. The van der Waals surface area contributed by atoms with Gasteiger partial charge in [0.25, 0.3) is 0 Å². The zero-order chi connectivity index (χ0) is 10.4. The van der Waals surface area contributed by atoms with E-state index in [1.54, 1.807) is 0 Å². The molecule has 0 aliphatic carbocycles. The van der Waals surface area contributed by atoms with Gasteiger partial charge in [0.1, 0.15) is 11.5 Å². The standard InChI is InChI=1S/C11H12FN3.2ClH/c1-15-10(8-4-13-5-8)3-7-2-9(12)6-14-11(7)15;;/h2-3,6,8,13H,4-5H2,1H3;2*1H. The van der Waals surface area contributed by atoms with Crippen molar-refractivity contribution in [2.45, 2.75) is 5.92 Å². The summed E-state index contributed by atoms with van der Waals surface area (Å²) in [5.74, 6) is 0.277. The second-order valence-corrected chi connectivity index (χ2v) is 4.05. The van der Waals surface area contributed by atoms with Crippen molar-refractivity contribution < 1.29 is 4.39 Å². The van der Waals surface area contributed by atoms with Crippen molar-refractivity contribution in [2.75, 3.05) is 13.1 Å². The van der Waals surface area contributed by atoms with E-state index in [2.05, 4.69) is 14.9 Å². The Morgan fingerprint density at radius 2 is 2.06 bits per heavy atom. The van der Waals surface area contributed by atoms with Gasteiger partial charge in [-0.15, -0.1) is 24.8 Å². The molecule has 0 amide bonds. The Kier molecular flexibility index (Phi) is 4.36. The second-order valence-electron chi connectivity index (χ2n) is 4.05. The van der Waals surface area contributed by atoms with Gasteiger partial charge >= 0.3 is 0 Å². The van der Waals surface area contributed by atoms with Crippen LogP contribution in [0.1, 0.15) is 11.6 Å². The number of aromatic nitrogens is 2. The molecule has 0 radical (unpaired) electrons. The Labute approximate surface area is 111 Å². The van der Waals surface area contributed by atoms with Crippen LogP contribution in [-0.2, 0) is 7.05 Å². The average molecular weight is 278 g/mol. The molecule has 2 aromatic rings. The summed E-state index contributed by atoms with van der Waals surface area (Å²) in [4.78, 5) is 4.11. The number of halogens is 3. The molecule has 3 heterocycles. The van der Waals surface area contributed by atoms with Gasteiger partial charge in [-0.05, 0) is 12.1 Å². The van der Waals surface area contributed by atoms with Gasteiger partial charge in [-0.25, -0.2) is 9.37 Å². The molecule has 0 aromatic carbocycles. The van der Waals surface area contributed by atoms with E-state index >= 15 is 0 Å². The molecule has 1 N–H and O–H groups in total. The van der Waals surface area contributed by atoms with Gasteiger partial charge in [0, 0.05) is 37.1 Å². The lowest BCUT2D eigenvalue weighted by Crippen LogP contribution is -2.40. The summed E-state index contributed by atoms with van der Waals surface area (Å²) in [5, 5.41) is 4.12. The van der Waals surface area contributed by atoms with Crippen LogP contribution < -0.4 is 5.32 Å². The maximum Gasteiger partial charge on any atom is 0.142 e. The van der Waals surface area contributed by atoms with Gasteiger partial charge < -0.3 is 9.88 Å². The van der Waals surface area contributed by atoms with Crippen LogP contribution in [-0.4, -0.2) is 22.6 Å². The van der Waals surface area contributed by atoms with Crippen LogP contribution in [0.25, 0.3) is 11.0 Å². The van der Waals surface area contributed by atoms with E-state index < -0.39 is 0 Å². The summed E-state index contributed by atoms with van der Waals surface area (Å²) in [7, 11) is 1.99. The fourth-order valence-corrected chi connectivity index (χ4v) is 2.10. The fraction of sp³-hybridized carbons (Fsp3) is 0.364. The van der Waals surface area contributed by atoms with Gasteiger partial charge in [0.15, 0.2) is 0 Å². The van der Waals surface area contributed by atoms with Crippen molar-refractivity contribution in [1.82, 2.24) is 14.9 Å². The first kappa shape index (κ1) is 14.2. The highest BCUT2D eigenvalue weighted by atomic mass is 35.5. The molecule has 3 rings (SSSR count). The van der Waals surface area contributed by atoms with Gasteiger partial charge in [0.05, 0.1) is 6.20 Å². The number of hydrogen-bond acceptors (Lipinski definition) is 2. The third kappa shape index (κ3) is 2.25. The molecule has 2 aromatic heterocycles. The minimum absolute atomic E-state index is 0. The van der Waals surface area contributed by atoms with E-state index in [1.165, 1.54) is 18.0 Å². The molecule has 0 atom stereocenters. The van der Waals surface area contributed by atoms with Crippen molar-refractivity contribution in [3.05, 3.63) is 29.8 Å². The summed E-state index contributed by atoms with van der Waals surface area (Å²) in [6.45, 7) is 2.01. The monoisotopic (exact) mass is 277 g/mol. The summed E-state index contributed by atoms with van der Waals surface area (Å²) >= 11 is 0. The van der Waals surface area contributed by atoms with Gasteiger partial charge in [0.2, 0.25) is 0 Å². The largest absolute Gasteiger partial charge is 0.332 e. The van der Waals surface area contributed by atoms with Crippen LogP contribution in [0, 0.1) is 5.82 Å². The number of nitrogens with zero attached hydrogens (tertiary/aromatic N) is 2. The highest BCUT2D eigenvalue weighted by Crippen LogP contribution is 2.25. The first-order valence-corrected chi connectivity index (χ1v) is 5.07. The van der Waals surface area contributed by atoms with Gasteiger partial charge in [-0.3, -0.25) is 0 Å². The highest BCUT2D eigenvalue weighted by molar-refractivity contribution is 5.85. The van der Waals surface area contributed by atoms with Crippen LogP contribution in [0.5, 0.6) is 0 Å². The molecular formula is C11H14Cl2FN3. The molecule has 94 valence electrons. The Hall–Kier alpha value is -0.840. The number of rotatable bonds is 1. The average Bonchev–Trinajstić information content (AvgIpc) is 2.41. The zero-order valence-corrected chi connectivity index (χ0v) is 10.9. The lowest BCUT2D eigenvalue weighted by atomic mass is 9.99. The molecule has 1 aliphatic heterocycles. The molecule has 0 bridgehead atoms. The normalized spacial score (nSPS) is 14.9. The van der Waals surface area contributed by atoms with E-state index in [-0.39, 0.29) is 30.6 Å². The Balaban J connectivity index is 0.000000722. The van der Waals surface area contributed by atoms with Crippen molar-refractivity contribution in [3.8, 4) is 0 Å². The van der Waals surface area contributed by atoms with E-state index in [0.29, 0.717) is 5.92 Å². The zero-order valence-electron chi connectivity index (χ0n) is 9.31. The number of aryl methyl sites for hydroxylation is 1. The fourth-order valence-electron chi connectivity index (χ4n) is 2.10. The Bertz CT molecular complexity index is 523. The van der Waals surface area contributed by atoms with Gasteiger partial charge in [-0.1, -0.05) is 0 Å². The van der Waals surface area contributed by atoms with E-state index in [9.17, 15) is 4.39 Å². The lowest BCUT2D eigenvalue weighted by Gasteiger charge is -2.27. The molecule has 6 heteroatoms. The lowest BCUT2D eigenvalue weighted by molar-refractivity contribution is 0.432. The molecular weight excluding hydrogens is 264 g/mol. The maximum absolute atomic E-state index is 13.0. The van der Waals surface area contributed by atoms with E-state index in [0.717, 1.165) is 24.1 Å². The van der Waals surface area contributed by atoms with Crippen molar-refractivity contribution >= 4 is 35.8 Å². The Morgan fingerprint density at radius 1 is 1.35 bits per heavy atom.